The van der Waals surface area contributed by atoms with Gasteiger partial charge in [-0.15, -0.1) is 0 Å². The SMILES string of the molecule is O=C(c1ccc(Cl)c(S(=O)(=O)N2CCOCC2)c1)N1CC[C@@H]2CCCC[C@H]2C1. The number of hydrogen-bond donors (Lipinski definition) is 0. The van der Waals surface area contributed by atoms with E-state index in [9.17, 15) is 13.2 Å². The van der Waals surface area contributed by atoms with Crippen molar-refractivity contribution in [1.82, 2.24) is 9.21 Å². The number of carbonyl (C=O) groups is 1. The summed E-state index contributed by atoms with van der Waals surface area (Å²) in [7, 11) is -3.75. The Morgan fingerprint density at radius 1 is 1.04 bits per heavy atom. The van der Waals surface area contributed by atoms with E-state index in [1.807, 2.05) is 4.90 Å². The smallest absolute Gasteiger partial charge is 0.253 e. The average Bonchev–Trinajstić information content (AvgIpc) is 2.73. The summed E-state index contributed by atoms with van der Waals surface area (Å²) in [6, 6.07) is 4.61. The zero-order valence-corrected chi connectivity index (χ0v) is 17.6. The molecular formula is C20H27ClN2O4S. The van der Waals surface area contributed by atoms with Crippen LogP contribution in [0.25, 0.3) is 0 Å². The molecule has 1 amide bonds. The highest BCUT2D eigenvalue weighted by molar-refractivity contribution is 7.89. The molecule has 0 N–H and O–H groups in total. The van der Waals surface area contributed by atoms with Gasteiger partial charge < -0.3 is 9.64 Å². The fourth-order valence-corrected chi connectivity index (χ4v) is 6.64. The molecule has 154 valence electrons. The lowest BCUT2D eigenvalue weighted by Gasteiger charge is -2.41. The Hall–Kier alpha value is -1.15. The zero-order valence-electron chi connectivity index (χ0n) is 16.0. The fourth-order valence-electron chi connectivity index (χ4n) is 4.73. The molecule has 2 saturated heterocycles. The summed E-state index contributed by atoms with van der Waals surface area (Å²) in [6.45, 7) is 2.85. The van der Waals surface area contributed by atoms with Crippen LogP contribution in [0.15, 0.2) is 23.1 Å². The summed E-state index contributed by atoms with van der Waals surface area (Å²) in [6.07, 6.45) is 6.05. The highest BCUT2D eigenvalue weighted by Gasteiger charge is 2.34. The van der Waals surface area contributed by atoms with Gasteiger partial charge in [-0.1, -0.05) is 30.9 Å². The van der Waals surface area contributed by atoms with Crippen LogP contribution in [0.5, 0.6) is 0 Å². The van der Waals surface area contributed by atoms with Gasteiger partial charge in [0.05, 0.1) is 18.2 Å². The van der Waals surface area contributed by atoms with Crippen LogP contribution in [0.3, 0.4) is 0 Å². The maximum absolute atomic E-state index is 13.1. The van der Waals surface area contributed by atoms with Crippen LogP contribution in [-0.4, -0.2) is 62.9 Å². The van der Waals surface area contributed by atoms with Crippen molar-refractivity contribution in [1.29, 1.82) is 0 Å². The Morgan fingerprint density at radius 3 is 2.50 bits per heavy atom. The van der Waals surface area contributed by atoms with Crippen LogP contribution in [0.4, 0.5) is 0 Å². The maximum Gasteiger partial charge on any atom is 0.253 e. The van der Waals surface area contributed by atoms with Gasteiger partial charge in [-0.2, -0.15) is 4.31 Å². The van der Waals surface area contributed by atoms with E-state index in [0.717, 1.165) is 25.4 Å². The van der Waals surface area contributed by atoms with Crippen LogP contribution < -0.4 is 0 Å². The number of hydrogen-bond acceptors (Lipinski definition) is 4. The summed E-state index contributed by atoms with van der Waals surface area (Å²) in [5.74, 6) is 1.22. The minimum Gasteiger partial charge on any atom is -0.379 e. The Kier molecular flexibility index (Phi) is 5.97. The van der Waals surface area contributed by atoms with Gasteiger partial charge in [0.15, 0.2) is 0 Å². The minimum absolute atomic E-state index is 0.00877. The van der Waals surface area contributed by atoms with E-state index in [1.165, 1.54) is 42.1 Å². The third kappa shape index (κ3) is 3.95. The number of piperidine rings is 1. The predicted molar refractivity (Wildman–Crippen MR) is 107 cm³/mol. The Labute approximate surface area is 171 Å². The third-order valence-electron chi connectivity index (χ3n) is 6.34. The molecule has 0 aromatic heterocycles. The van der Waals surface area contributed by atoms with Crippen molar-refractivity contribution in [3.63, 3.8) is 0 Å². The molecule has 8 heteroatoms. The molecule has 2 aliphatic heterocycles. The second-order valence-corrected chi connectivity index (χ2v) is 10.3. The molecular weight excluding hydrogens is 400 g/mol. The predicted octanol–water partition coefficient (Wildman–Crippen LogP) is 3.01. The lowest BCUT2D eigenvalue weighted by Crippen LogP contribution is -2.44. The van der Waals surface area contributed by atoms with Gasteiger partial charge in [0.25, 0.3) is 5.91 Å². The standard InChI is InChI=1S/C20H27ClN2O4S/c21-18-6-5-16(13-19(18)28(25,26)23-9-11-27-12-10-23)20(24)22-8-7-15-3-1-2-4-17(15)14-22/h5-6,13,15,17H,1-4,7-12,14H2/t15-,17-/m0/s1. The van der Waals surface area contributed by atoms with Crippen molar-refractivity contribution in [2.45, 2.75) is 37.0 Å². The Balaban J connectivity index is 1.55. The minimum atomic E-state index is -3.75. The highest BCUT2D eigenvalue weighted by Crippen LogP contribution is 2.36. The van der Waals surface area contributed by atoms with Crippen molar-refractivity contribution in [2.24, 2.45) is 11.8 Å². The second kappa shape index (κ2) is 8.30. The van der Waals surface area contributed by atoms with Crippen LogP contribution in [0.1, 0.15) is 42.5 Å². The normalized spacial score (nSPS) is 26.7. The number of likely N-dealkylation sites (tertiary alicyclic amines) is 1. The second-order valence-electron chi connectivity index (χ2n) is 8.01. The molecule has 1 aromatic rings. The van der Waals surface area contributed by atoms with Crippen LogP contribution in [-0.2, 0) is 14.8 Å². The van der Waals surface area contributed by atoms with Gasteiger partial charge in [0.2, 0.25) is 10.0 Å². The first-order chi connectivity index (χ1) is 13.5. The number of ether oxygens (including phenoxy) is 1. The molecule has 1 saturated carbocycles. The van der Waals surface area contributed by atoms with Crippen molar-refractivity contribution < 1.29 is 17.9 Å². The molecule has 1 aromatic carbocycles. The number of nitrogens with zero attached hydrogens (tertiary/aromatic N) is 2. The lowest BCUT2D eigenvalue weighted by molar-refractivity contribution is 0.0520. The van der Waals surface area contributed by atoms with E-state index < -0.39 is 10.0 Å². The molecule has 0 unspecified atom stereocenters. The molecule has 0 spiro atoms. The van der Waals surface area contributed by atoms with E-state index in [1.54, 1.807) is 6.07 Å². The molecule has 3 aliphatic rings. The van der Waals surface area contributed by atoms with Crippen LogP contribution >= 0.6 is 11.6 Å². The molecule has 3 fully saturated rings. The third-order valence-corrected chi connectivity index (χ3v) is 8.72. The number of amides is 1. The van der Waals surface area contributed by atoms with Crippen molar-refractivity contribution in [2.75, 3.05) is 39.4 Å². The van der Waals surface area contributed by atoms with Crippen molar-refractivity contribution in [3.05, 3.63) is 28.8 Å². The largest absolute Gasteiger partial charge is 0.379 e. The van der Waals surface area contributed by atoms with E-state index in [-0.39, 0.29) is 15.8 Å². The molecule has 2 heterocycles. The van der Waals surface area contributed by atoms with Gasteiger partial charge in [-0.05, 0) is 42.9 Å². The first-order valence-corrected chi connectivity index (χ1v) is 12.0. The molecule has 6 nitrogen and oxygen atoms in total. The summed E-state index contributed by atoms with van der Waals surface area (Å²) in [4.78, 5) is 15.0. The van der Waals surface area contributed by atoms with Gasteiger partial charge in [0, 0.05) is 31.7 Å². The number of benzene rings is 1. The first kappa shape index (κ1) is 20.1. The molecule has 1 aliphatic carbocycles. The van der Waals surface area contributed by atoms with E-state index in [2.05, 4.69) is 0 Å². The quantitative estimate of drug-likeness (QED) is 0.745. The lowest BCUT2D eigenvalue weighted by atomic mass is 9.75. The first-order valence-electron chi connectivity index (χ1n) is 10.1. The van der Waals surface area contributed by atoms with Crippen LogP contribution in [0, 0.1) is 11.8 Å². The van der Waals surface area contributed by atoms with Crippen molar-refractivity contribution >= 4 is 27.5 Å². The monoisotopic (exact) mass is 426 g/mol. The molecule has 0 bridgehead atoms. The number of fused-ring (bicyclic) bond motifs is 1. The van der Waals surface area contributed by atoms with E-state index in [0.29, 0.717) is 37.8 Å². The number of rotatable bonds is 3. The maximum atomic E-state index is 13.1. The van der Waals surface area contributed by atoms with Crippen molar-refractivity contribution in [3.8, 4) is 0 Å². The highest BCUT2D eigenvalue weighted by atomic mass is 35.5. The molecule has 4 rings (SSSR count). The number of sulfonamides is 1. The van der Waals surface area contributed by atoms with Gasteiger partial charge in [0.1, 0.15) is 4.90 Å². The van der Waals surface area contributed by atoms with E-state index >= 15 is 0 Å². The van der Waals surface area contributed by atoms with E-state index in [4.69, 9.17) is 16.3 Å². The topological polar surface area (TPSA) is 66.9 Å². The summed E-state index contributed by atoms with van der Waals surface area (Å²) in [5.41, 5.74) is 0.394. The summed E-state index contributed by atoms with van der Waals surface area (Å²) in [5, 5.41) is 0.147. The fraction of sp³-hybridized carbons (Fsp3) is 0.650. The summed E-state index contributed by atoms with van der Waals surface area (Å²) < 4.78 is 32.6. The molecule has 28 heavy (non-hydrogen) atoms. The number of halogens is 1. The van der Waals surface area contributed by atoms with Crippen LogP contribution in [0.2, 0.25) is 5.02 Å². The number of carbonyl (C=O) groups excluding carboxylic acids is 1. The van der Waals surface area contributed by atoms with Gasteiger partial charge in [-0.25, -0.2) is 8.42 Å². The molecule has 0 radical (unpaired) electrons. The average molecular weight is 427 g/mol. The molecule has 2 atom stereocenters. The zero-order chi connectivity index (χ0) is 19.7. The van der Waals surface area contributed by atoms with Gasteiger partial charge >= 0.3 is 0 Å². The summed E-state index contributed by atoms with van der Waals surface area (Å²) >= 11 is 6.22. The number of morpholine rings is 1. The Morgan fingerprint density at radius 2 is 1.75 bits per heavy atom. The van der Waals surface area contributed by atoms with Gasteiger partial charge in [-0.3, -0.25) is 4.79 Å². The Bertz CT molecular complexity index is 839.